The minimum atomic E-state index is -0.359. The summed E-state index contributed by atoms with van der Waals surface area (Å²) < 4.78 is 15.6. The number of amides is 1. The summed E-state index contributed by atoms with van der Waals surface area (Å²) in [5.41, 5.74) is 0. The maximum Gasteiger partial charge on any atom is 0.290 e. The summed E-state index contributed by atoms with van der Waals surface area (Å²) in [6.07, 6.45) is 1.58. The van der Waals surface area contributed by atoms with Crippen molar-refractivity contribution in [2.75, 3.05) is 19.8 Å². The number of ketones is 1. The predicted octanol–water partition coefficient (Wildman–Crippen LogP) is 2.64. The second-order valence-electron chi connectivity index (χ2n) is 4.94. The predicted molar refractivity (Wildman–Crippen MR) is 77.0 cm³/mol. The number of ether oxygens (including phenoxy) is 1. The van der Waals surface area contributed by atoms with Gasteiger partial charge in [-0.15, -0.1) is 0 Å². The highest BCUT2D eigenvalue weighted by Crippen LogP contribution is 2.20. The van der Waals surface area contributed by atoms with Gasteiger partial charge in [-0.2, -0.15) is 0 Å². The van der Waals surface area contributed by atoms with E-state index in [9.17, 15) is 9.59 Å². The molecule has 0 spiro atoms. The monoisotopic (exact) mass is 323 g/mol. The van der Waals surface area contributed by atoms with Gasteiger partial charge in [0.15, 0.2) is 22.5 Å². The number of Topliss-reactive ketones (excluding diaryl/α,β-unsaturated/α-hetero) is 1. The second kappa shape index (κ2) is 6.37. The number of furan rings is 2. The Kier molecular flexibility index (Phi) is 4.31. The molecule has 7 heteroatoms. The van der Waals surface area contributed by atoms with Crippen LogP contribution in [-0.2, 0) is 4.74 Å². The first-order valence-electron chi connectivity index (χ1n) is 6.86. The molecule has 0 aliphatic carbocycles. The van der Waals surface area contributed by atoms with Crippen LogP contribution in [0.15, 0.2) is 39.4 Å². The third-order valence-electron chi connectivity index (χ3n) is 3.49. The molecule has 0 N–H and O–H groups in total. The summed E-state index contributed by atoms with van der Waals surface area (Å²) in [5.74, 6) is -0.0374. The van der Waals surface area contributed by atoms with E-state index < -0.39 is 0 Å². The summed E-state index contributed by atoms with van der Waals surface area (Å²) in [6, 6.07) is 5.93. The average Bonchev–Trinajstić information content (AvgIpc) is 3.18. The van der Waals surface area contributed by atoms with Crippen LogP contribution in [0.3, 0.4) is 0 Å². The number of morpholine rings is 1. The van der Waals surface area contributed by atoms with E-state index in [1.165, 1.54) is 18.4 Å². The molecule has 6 nitrogen and oxygen atoms in total. The van der Waals surface area contributed by atoms with E-state index in [4.69, 9.17) is 25.2 Å². The Morgan fingerprint density at radius 2 is 2.14 bits per heavy atom. The average molecular weight is 324 g/mol. The van der Waals surface area contributed by atoms with Crippen LogP contribution in [0.2, 0.25) is 5.22 Å². The smallest absolute Gasteiger partial charge is 0.290 e. The molecule has 0 bridgehead atoms. The van der Waals surface area contributed by atoms with Gasteiger partial charge in [-0.3, -0.25) is 9.59 Å². The molecule has 2 aromatic rings. The normalized spacial score (nSPS) is 18.4. The minimum Gasteiger partial charge on any atom is -0.461 e. The van der Waals surface area contributed by atoms with E-state index in [-0.39, 0.29) is 40.9 Å². The quantitative estimate of drug-likeness (QED) is 0.809. The number of carbonyl (C=O) groups is 2. The molecular formula is C15H14ClNO5. The van der Waals surface area contributed by atoms with Gasteiger partial charge in [-0.05, 0) is 35.9 Å². The Labute approximate surface area is 131 Å². The standard InChI is InChI=1S/C15H14ClNO5/c16-14-4-3-13(22-14)15(19)17-5-7-20-9-10(17)8-11(18)12-2-1-6-21-12/h1-4,6,10H,5,7-9H2/t10-/m0/s1. The Bertz CT molecular complexity index is 663. The zero-order valence-corrected chi connectivity index (χ0v) is 12.4. The SMILES string of the molecule is O=C(C[C@H]1COCCN1C(=O)c1ccc(Cl)o1)c1ccco1. The first kappa shape index (κ1) is 14.9. The van der Waals surface area contributed by atoms with Crippen LogP contribution in [0.1, 0.15) is 27.5 Å². The van der Waals surface area contributed by atoms with E-state index >= 15 is 0 Å². The molecule has 1 atom stereocenters. The van der Waals surface area contributed by atoms with Gasteiger partial charge >= 0.3 is 0 Å². The number of rotatable bonds is 4. The Morgan fingerprint density at radius 3 is 2.82 bits per heavy atom. The van der Waals surface area contributed by atoms with Crippen LogP contribution in [-0.4, -0.2) is 42.4 Å². The number of carbonyl (C=O) groups excluding carboxylic acids is 2. The molecule has 116 valence electrons. The van der Waals surface area contributed by atoms with Gasteiger partial charge in [0, 0.05) is 13.0 Å². The van der Waals surface area contributed by atoms with E-state index in [1.807, 2.05) is 0 Å². The fourth-order valence-corrected chi connectivity index (χ4v) is 2.56. The number of hydrogen-bond donors (Lipinski definition) is 0. The van der Waals surface area contributed by atoms with Crippen LogP contribution in [0, 0.1) is 0 Å². The highest BCUT2D eigenvalue weighted by Gasteiger charge is 2.32. The zero-order chi connectivity index (χ0) is 15.5. The Hall–Kier alpha value is -2.05. The third-order valence-corrected chi connectivity index (χ3v) is 3.69. The Balaban J connectivity index is 1.73. The molecule has 1 amide bonds. The molecule has 1 fully saturated rings. The van der Waals surface area contributed by atoms with Crippen molar-refractivity contribution in [3.63, 3.8) is 0 Å². The summed E-state index contributed by atoms with van der Waals surface area (Å²) in [7, 11) is 0. The third kappa shape index (κ3) is 3.08. The molecule has 0 aromatic carbocycles. The van der Waals surface area contributed by atoms with Gasteiger partial charge < -0.3 is 18.5 Å². The largest absolute Gasteiger partial charge is 0.461 e. The van der Waals surface area contributed by atoms with Gasteiger partial charge in [0.2, 0.25) is 0 Å². The maximum absolute atomic E-state index is 12.5. The molecule has 2 aromatic heterocycles. The van der Waals surface area contributed by atoms with Gasteiger partial charge in [0.1, 0.15) is 0 Å². The van der Waals surface area contributed by atoms with E-state index in [0.29, 0.717) is 19.8 Å². The summed E-state index contributed by atoms with van der Waals surface area (Å²) in [6.45, 7) is 1.12. The van der Waals surface area contributed by atoms with Crippen molar-refractivity contribution in [3.8, 4) is 0 Å². The van der Waals surface area contributed by atoms with Gasteiger partial charge in [0.25, 0.3) is 5.91 Å². The highest BCUT2D eigenvalue weighted by molar-refractivity contribution is 6.29. The topological polar surface area (TPSA) is 72.9 Å². The van der Waals surface area contributed by atoms with Gasteiger partial charge in [-0.25, -0.2) is 0 Å². The summed E-state index contributed by atoms with van der Waals surface area (Å²) in [4.78, 5) is 26.2. The van der Waals surface area contributed by atoms with Crippen LogP contribution in [0.4, 0.5) is 0 Å². The van der Waals surface area contributed by atoms with Crippen LogP contribution >= 0.6 is 11.6 Å². The van der Waals surface area contributed by atoms with Crippen molar-refractivity contribution in [3.05, 3.63) is 47.3 Å². The van der Waals surface area contributed by atoms with Crippen molar-refractivity contribution in [1.82, 2.24) is 4.90 Å². The van der Waals surface area contributed by atoms with E-state index in [0.717, 1.165) is 0 Å². The Morgan fingerprint density at radius 1 is 1.27 bits per heavy atom. The minimum absolute atomic E-state index is 0.133. The van der Waals surface area contributed by atoms with Crippen LogP contribution < -0.4 is 0 Å². The lowest BCUT2D eigenvalue weighted by Crippen LogP contribution is -2.49. The first-order chi connectivity index (χ1) is 10.6. The molecule has 0 unspecified atom stereocenters. The van der Waals surface area contributed by atoms with E-state index in [2.05, 4.69) is 0 Å². The highest BCUT2D eigenvalue weighted by atomic mass is 35.5. The molecule has 0 saturated carbocycles. The van der Waals surface area contributed by atoms with Crippen molar-refractivity contribution >= 4 is 23.3 Å². The molecule has 3 rings (SSSR count). The van der Waals surface area contributed by atoms with E-state index in [1.54, 1.807) is 17.0 Å². The summed E-state index contributed by atoms with van der Waals surface area (Å²) >= 11 is 5.70. The number of hydrogen-bond acceptors (Lipinski definition) is 5. The number of nitrogens with zero attached hydrogens (tertiary/aromatic N) is 1. The van der Waals surface area contributed by atoms with Crippen molar-refractivity contribution in [2.24, 2.45) is 0 Å². The molecule has 1 aliphatic heterocycles. The second-order valence-corrected chi connectivity index (χ2v) is 5.31. The lowest BCUT2D eigenvalue weighted by atomic mass is 10.1. The first-order valence-corrected chi connectivity index (χ1v) is 7.23. The summed E-state index contributed by atoms with van der Waals surface area (Å²) in [5, 5.41) is 0.153. The van der Waals surface area contributed by atoms with Crippen LogP contribution in [0.5, 0.6) is 0 Å². The number of halogens is 1. The van der Waals surface area contributed by atoms with Crippen molar-refractivity contribution < 1.29 is 23.2 Å². The maximum atomic E-state index is 12.5. The lowest BCUT2D eigenvalue weighted by Gasteiger charge is -2.34. The fraction of sp³-hybridized carbons (Fsp3) is 0.333. The van der Waals surface area contributed by atoms with Gasteiger partial charge in [0.05, 0.1) is 25.5 Å². The molecule has 1 aliphatic rings. The molecule has 1 saturated heterocycles. The van der Waals surface area contributed by atoms with Gasteiger partial charge in [-0.1, -0.05) is 0 Å². The molecule has 0 radical (unpaired) electrons. The van der Waals surface area contributed by atoms with Crippen LogP contribution in [0.25, 0.3) is 0 Å². The van der Waals surface area contributed by atoms with Crippen molar-refractivity contribution in [2.45, 2.75) is 12.5 Å². The zero-order valence-electron chi connectivity index (χ0n) is 11.7. The lowest BCUT2D eigenvalue weighted by molar-refractivity contribution is -0.00452. The molecule has 22 heavy (non-hydrogen) atoms. The molecular weight excluding hydrogens is 310 g/mol. The molecule has 3 heterocycles. The van der Waals surface area contributed by atoms with Crippen molar-refractivity contribution in [1.29, 1.82) is 0 Å². The fourth-order valence-electron chi connectivity index (χ4n) is 2.41.